The van der Waals surface area contributed by atoms with Crippen LogP contribution in [0.1, 0.15) is 55.6 Å². The Hall–Kier alpha value is -3.51. The fourth-order valence-corrected chi connectivity index (χ4v) is 6.51. The van der Waals surface area contributed by atoms with E-state index in [1.807, 2.05) is 17.8 Å². The van der Waals surface area contributed by atoms with E-state index in [0.29, 0.717) is 29.0 Å². The molecule has 0 bridgehead atoms. The number of aromatic nitrogens is 1. The Labute approximate surface area is 251 Å². The van der Waals surface area contributed by atoms with Crippen molar-refractivity contribution in [3.8, 4) is 0 Å². The van der Waals surface area contributed by atoms with Crippen LogP contribution in [0.4, 0.5) is 8.78 Å². The monoisotopic (exact) mass is 618 g/mol. The number of thiazole rings is 1. The molecule has 1 saturated carbocycles. The van der Waals surface area contributed by atoms with Crippen LogP contribution in [0.25, 0.3) is 0 Å². The highest BCUT2D eigenvalue weighted by atomic mass is 35.5. The number of amidine groups is 1. The van der Waals surface area contributed by atoms with Crippen LogP contribution in [0.2, 0.25) is 5.02 Å². The van der Waals surface area contributed by atoms with Crippen molar-refractivity contribution in [3.05, 3.63) is 62.2 Å². The van der Waals surface area contributed by atoms with Gasteiger partial charge in [0.05, 0.1) is 36.4 Å². The van der Waals surface area contributed by atoms with Crippen LogP contribution in [0.3, 0.4) is 0 Å². The van der Waals surface area contributed by atoms with Gasteiger partial charge < -0.3 is 14.8 Å². The summed E-state index contributed by atoms with van der Waals surface area (Å²) < 4.78 is 40.6. The van der Waals surface area contributed by atoms with Crippen molar-refractivity contribution in [2.24, 2.45) is 27.8 Å². The molecule has 0 spiro atoms. The van der Waals surface area contributed by atoms with Gasteiger partial charge in [-0.1, -0.05) is 22.4 Å². The Balaban J connectivity index is 1.44. The number of ether oxygens (including phenoxy) is 2. The highest BCUT2D eigenvalue weighted by Gasteiger charge is 2.40. The van der Waals surface area contributed by atoms with E-state index < -0.39 is 28.7 Å². The molecule has 0 radical (unpaired) electrons. The summed E-state index contributed by atoms with van der Waals surface area (Å²) in [5.41, 5.74) is 1.04. The van der Waals surface area contributed by atoms with Gasteiger partial charge in [0.1, 0.15) is 12.5 Å². The summed E-state index contributed by atoms with van der Waals surface area (Å²) in [5.74, 6) is -2.29. The number of nitrogens with one attached hydrogen (secondary N) is 1. The highest BCUT2D eigenvalue weighted by molar-refractivity contribution is 7.11. The van der Waals surface area contributed by atoms with Crippen LogP contribution < -0.4 is 5.32 Å². The van der Waals surface area contributed by atoms with Gasteiger partial charge in [-0.15, -0.1) is 11.3 Å². The second-order valence-electron chi connectivity index (χ2n) is 10.2. The largest absolute Gasteiger partial charge is 0.469 e. The molecule has 2 atom stereocenters. The molecule has 1 aromatic carbocycles. The summed E-state index contributed by atoms with van der Waals surface area (Å²) in [6, 6.07) is 1.33. The predicted octanol–water partition coefficient (Wildman–Crippen LogP) is 5.05. The lowest BCUT2D eigenvalue weighted by atomic mass is 9.74. The number of hydrazone groups is 1. The first-order valence-corrected chi connectivity index (χ1v) is 15.1. The predicted molar refractivity (Wildman–Crippen MR) is 155 cm³/mol. The van der Waals surface area contributed by atoms with Gasteiger partial charge in [-0.3, -0.25) is 9.79 Å². The molecule has 5 rings (SSSR count). The summed E-state index contributed by atoms with van der Waals surface area (Å²) in [5, 5.41) is 9.77. The van der Waals surface area contributed by atoms with Gasteiger partial charge in [0.25, 0.3) is 0 Å². The summed E-state index contributed by atoms with van der Waals surface area (Å²) >= 11 is 7.67. The number of aliphatic imine (C=N–C) groups is 1. The van der Waals surface area contributed by atoms with Gasteiger partial charge in [-0.05, 0) is 55.6 Å². The number of rotatable bonds is 9. The molecule has 3 heterocycles. The Morgan fingerprint density at radius 3 is 2.69 bits per heavy atom. The molecule has 1 fully saturated rings. The first-order valence-electron chi connectivity index (χ1n) is 13.8. The second kappa shape index (κ2) is 13.2. The lowest BCUT2D eigenvalue weighted by Crippen LogP contribution is -2.38. The maximum absolute atomic E-state index is 14.6. The van der Waals surface area contributed by atoms with Crippen molar-refractivity contribution in [1.29, 1.82) is 0 Å². The molecule has 2 unspecified atom stereocenters. The molecule has 2 aromatic rings. The summed E-state index contributed by atoms with van der Waals surface area (Å²) in [6.45, 7) is 2.30. The minimum Gasteiger partial charge on any atom is -0.469 e. The summed E-state index contributed by atoms with van der Waals surface area (Å²) in [6.07, 6.45) is 9.12. The fraction of sp³-hybridized carbons (Fsp3) is 0.448. The van der Waals surface area contributed by atoms with Crippen LogP contribution in [0.5, 0.6) is 0 Å². The van der Waals surface area contributed by atoms with Crippen molar-refractivity contribution in [3.63, 3.8) is 0 Å². The number of nitrogens with zero attached hydrogens (tertiary/aromatic N) is 4. The van der Waals surface area contributed by atoms with Crippen LogP contribution in [-0.2, 0) is 19.1 Å². The quantitative estimate of drug-likeness (QED) is 0.240. The molecule has 0 amide bonds. The lowest BCUT2D eigenvalue weighted by Gasteiger charge is -2.35. The summed E-state index contributed by atoms with van der Waals surface area (Å²) in [4.78, 5) is 34.1. The van der Waals surface area contributed by atoms with Crippen LogP contribution in [0.15, 0.2) is 45.1 Å². The molecule has 9 nitrogen and oxygen atoms in total. The van der Waals surface area contributed by atoms with E-state index in [1.165, 1.54) is 24.5 Å². The van der Waals surface area contributed by atoms with Gasteiger partial charge in [-0.2, -0.15) is 0 Å². The Kier molecular flexibility index (Phi) is 9.42. The SMILES string of the molecule is CCOC(=O)C1=C(C2CCC(C3C=N[N+](CCC(=O)OC)=C3)CC2)NC(c2nccs2)=NC1c1ccc(F)c(F)c1Cl. The van der Waals surface area contributed by atoms with Crippen LogP contribution in [0, 0.1) is 29.4 Å². The van der Waals surface area contributed by atoms with Gasteiger partial charge >= 0.3 is 11.9 Å². The van der Waals surface area contributed by atoms with Gasteiger partial charge in [-0.25, -0.2) is 18.6 Å². The Morgan fingerprint density at radius 2 is 2.00 bits per heavy atom. The smallest absolute Gasteiger partial charge is 0.338 e. The van der Waals surface area contributed by atoms with Crippen LogP contribution >= 0.6 is 22.9 Å². The minimum atomic E-state index is -1.20. The van der Waals surface area contributed by atoms with E-state index in [1.54, 1.807) is 17.8 Å². The number of carbonyl (C=O) groups is 2. The van der Waals surface area contributed by atoms with E-state index in [4.69, 9.17) is 26.1 Å². The average Bonchev–Trinajstić information content (AvgIpc) is 3.72. The molecular weight excluding hydrogens is 588 g/mol. The standard InChI is InChI=1S/C29H30ClF2N5O4S/c1-3-41-29(39)22-25(17-6-4-16(5-7-17)18-14-34-37(15-18)12-10-21(38)40-2)35-27(28-33-11-13-42-28)36-26(22)19-8-9-20(31)24(32)23(19)30/h8-9,11,13-18,26H,3-7,10,12H2,1-2H3/p+1. The molecule has 0 saturated heterocycles. The molecule has 13 heteroatoms. The van der Waals surface area contributed by atoms with Crippen molar-refractivity contribution in [2.45, 2.75) is 45.1 Å². The van der Waals surface area contributed by atoms with Crippen LogP contribution in [-0.4, -0.2) is 60.1 Å². The van der Waals surface area contributed by atoms with Gasteiger partial charge in [0.15, 0.2) is 35.2 Å². The number of methoxy groups -OCH3 is 1. The van der Waals surface area contributed by atoms with Crippen molar-refractivity contribution in [1.82, 2.24) is 10.3 Å². The van der Waals surface area contributed by atoms with E-state index in [0.717, 1.165) is 31.7 Å². The number of carbonyl (C=O) groups excluding carboxylic acids is 2. The normalized spacial score (nSPS) is 23.7. The average molecular weight is 619 g/mol. The van der Waals surface area contributed by atoms with Crippen molar-refractivity contribution in [2.75, 3.05) is 20.3 Å². The van der Waals surface area contributed by atoms with Gasteiger partial charge in [0, 0.05) is 22.8 Å². The third-order valence-electron chi connectivity index (χ3n) is 7.79. The zero-order valence-electron chi connectivity index (χ0n) is 23.2. The number of halogens is 3. The van der Waals surface area contributed by atoms with E-state index in [-0.39, 0.29) is 42.0 Å². The number of allylic oxidation sites excluding steroid dienone is 1. The third kappa shape index (κ3) is 6.29. The minimum absolute atomic E-state index is 0.0496. The highest BCUT2D eigenvalue weighted by Crippen LogP contribution is 2.43. The zero-order valence-corrected chi connectivity index (χ0v) is 24.8. The van der Waals surface area contributed by atoms with E-state index >= 15 is 0 Å². The molecule has 1 aliphatic carbocycles. The molecule has 3 aliphatic rings. The maximum atomic E-state index is 14.6. The van der Waals surface area contributed by atoms with Crippen molar-refractivity contribution >= 4 is 53.1 Å². The number of hydrogen-bond donors (Lipinski definition) is 1. The zero-order chi connectivity index (χ0) is 29.8. The molecule has 42 heavy (non-hydrogen) atoms. The summed E-state index contributed by atoms with van der Waals surface area (Å²) in [7, 11) is 1.37. The third-order valence-corrected chi connectivity index (χ3v) is 8.96. The number of benzene rings is 1. The fourth-order valence-electron chi connectivity index (χ4n) is 5.66. The Morgan fingerprint density at radius 1 is 1.21 bits per heavy atom. The molecule has 222 valence electrons. The number of hydrogen-bond acceptors (Lipinski definition) is 9. The first kappa shape index (κ1) is 30.0. The lowest BCUT2D eigenvalue weighted by molar-refractivity contribution is -0.525. The van der Waals surface area contributed by atoms with E-state index in [2.05, 4.69) is 15.4 Å². The second-order valence-corrected chi connectivity index (χ2v) is 11.5. The topological polar surface area (TPSA) is 105 Å². The first-order chi connectivity index (χ1) is 20.3. The molecule has 1 aromatic heterocycles. The van der Waals surface area contributed by atoms with E-state index in [9.17, 15) is 18.4 Å². The maximum Gasteiger partial charge on any atom is 0.338 e. The molecular formula is C29H31ClF2N5O4S+. The molecule has 1 N–H and O–H groups in total. The van der Waals surface area contributed by atoms with Gasteiger partial charge in [0.2, 0.25) is 0 Å². The van der Waals surface area contributed by atoms with Crippen molar-refractivity contribution < 1.29 is 32.5 Å². The Bertz CT molecular complexity index is 1470. The molecule has 2 aliphatic heterocycles. The number of esters is 2.